The first-order valence-electron chi connectivity index (χ1n) is 18.8. The second-order valence-electron chi connectivity index (χ2n) is 15.2. The van der Waals surface area contributed by atoms with Crippen LogP contribution in [0.1, 0.15) is 25.0 Å². The third kappa shape index (κ3) is 4.45. The van der Waals surface area contributed by atoms with E-state index in [1.807, 2.05) is 6.07 Å². The average Bonchev–Trinajstić information content (AvgIpc) is 3.71. The molecule has 1 heteroatoms. The lowest BCUT2D eigenvalue weighted by atomic mass is 9.79. The Hall–Kier alpha value is -6.70. The van der Waals surface area contributed by atoms with Gasteiger partial charge in [-0.05, 0) is 113 Å². The monoisotopic (exact) mass is 688 g/mol. The van der Waals surface area contributed by atoms with Crippen molar-refractivity contribution in [1.29, 1.82) is 0 Å². The molecule has 1 aliphatic rings. The van der Waals surface area contributed by atoms with E-state index in [0.717, 1.165) is 21.9 Å². The molecule has 54 heavy (non-hydrogen) atoms. The normalized spacial score (nSPS) is 13.1. The van der Waals surface area contributed by atoms with E-state index in [2.05, 4.69) is 190 Å². The molecule has 1 aliphatic carbocycles. The summed E-state index contributed by atoms with van der Waals surface area (Å²) in [6.45, 7) is 4.74. The Kier molecular flexibility index (Phi) is 6.66. The molecule has 1 aromatic heterocycles. The van der Waals surface area contributed by atoms with E-state index in [1.165, 1.54) is 88.3 Å². The van der Waals surface area contributed by atoms with E-state index >= 15 is 0 Å². The van der Waals surface area contributed by atoms with Crippen molar-refractivity contribution in [2.45, 2.75) is 19.3 Å². The molecule has 0 fully saturated rings. The molecule has 0 amide bonds. The molecule has 9 aromatic carbocycles. The number of para-hydroxylation sites is 1. The minimum absolute atomic E-state index is 0.0849. The summed E-state index contributed by atoms with van der Waals surface area (Å²) >= 11 is 0. The van der Waals surface area contributed by atoms with Crippen LogP contribution in [-0.2, 0) is 5.41 Å². The predicted octanol–water partition coefficient (Wildman–Crippen LogP) is 14.9. The van der Waals surface area contributed by atoms with Gasteiger partial charge in [0, 0.05) is 16.2 Å². The molecule has 0 saturated carbocycles. The Labute approximate surface area is 314 Å². The predicted molar refractivity (Wildman–Crippen MR) is 228 cm³/mol. The molecule has 0 saturated heterocycles. The van der Waals surface area contributed by atoms with Gasteiger partial charge in [0.05, 0.1) is 0 Å². The molecule has 1 nitrogen and oxygen atoms in total. The largest absolute Gasteiger partial charge is 0.456 e. The Morgan fingerprint density at radius 1 is 0.315 bits per heavy atom. The zero-order valence-electron chi connectivity index (χ0n) is 30.2. The van der Waals surface area contributed by atoms with Gasteiger partial charge in [0.15, 0.2) is 0 Å². The topological polar surface area (TPSA) is 13.1 Å². The second kappa shape index (κ2) is 11.7. The molecule has 0 bridgehead atoms. The van der Waals surface area contributed by atoms with Crippen LogP contribution >= 0.6 is 0 Å². The van der Waals surface area contributed by atoms with Crippen molar-refractivity contribution in [2.75, 3.05) is 0 Å². The second-order valence-corrected chi connectivity index (χ2v) is 15.2. The molecule has 1 heterocycles. The number of furan rings is 1. The summed E-state index contributed by atoms with van der Waals surface area (Å²) < 4.78 is 6.28. The highest BCUT2D eigenvalue weighted by Gasteiger charge is 2.35. The van der Waals surface area contributed by atoms with Crippen molar-refractivity contribution < 1.29 is 4.42 Å². The van der Waals surface area contributed by atoms with Gasteiger partial charge >= 0.3 is 0 Å². The van der Waals surface area contributed by atoms with Crippen LogP contribution in [0.5, 0.6) is 0 Å². The number of fused-ring (bicyclic) bond motifs is 8. The van der Waals surface area contributed by atoms with Gasteiger partial charge in [0.25, 0.3) is 0 Å². The van der Waals surface area contributed by atoms with E-state index in [1.54, 1.807) is 0 Å². The van der Waals surface area contributed by atoms with Crippen LogP contribution in [0.3, 0.4) is 0 Å². The van der Waals surface area contributed by atoms with Gasteiger partial charge in [-0.25, -0.2) is 0 Å². The van der Waals surface area contributed by atoms with Gasteiger partial charge in [0.2, 0.25) is 0 Å². The van der Waals surface area contributed by atoms with Gasteiger partial charge in [0.1, 0.15) is 11.2 Å². The van der Waals surface area contributed by atoms with Crippen LogP contribution in [0.2, 0.25) is 0 Å². The van der Waals surface area contributed by atoms with Crippen LogP contribution in [-0.4, -0.2) is 0 Å². The average molecular weight is 689 g/mol. The van der Waals surface area contributed by atoms with Crippen LogP contribution in [0.4, 0.5) is 0 Å². The molecule has 0 atom stereocenters. The standard InChI is InChI=1S/C53H36O/c1-53(2)46-25-12-10-17-38(46)39-29-27-35(32-47(39)53)50-41-19-6-8-21-43(41)52(44-22-9-7-20-42(44)50)51-36(33-15-4-3-5-16-33)23-14-24-37(51)34-28-30-49-45(31-34)40-18-11-13-26-48(40)54-49/h3-32H,1-2H3. The summed E-state index contributed by atoms with van der Waals surface area (Å²) in [6.07, 6.45) is 0. The molecule has 0 unspecified atom stereocenters. The Morgan fingerprint density at radius 3 is 1.59 bits per heavy atom. The van der Waals surface area contributed by atoms with E-state index in [9.17, 15) is 0 Å². The summed E-state index contributed by atoms with van der Waals surface area (Å²) in [5, 5.41) is 7.26. The molecule has 11 rings (SSSR count). The Balaban J connectivity index is 1.23. The zero-order valence-corrected chi connectivity index (χ0v) is 30.2. The number of hydrogen-bond acceptors (Lipinski definition) is 1. The molecule has 254 valence electrons. The van der Waals surface area contributed by atoms with Crippen LogP contribution in [0.25, 0.3) is 99.1 Å². The maximum Gasteiger partial charge on any atom is 0.135 e. The minimum Gasteiger partial charge on any atom is -0.456 e. The molecule has 0 radical (unpaired) electrons. The fourth-order valence-corrected chi connectivity index (χ4v) is 9.38. The smallest absolute Gasteiger partial charge is 0.135 e. The van der Waals surface area contributed by atoms with E-state index in [0.29, 0.717) is 0 Å². The first kappa shape index (κ1) is 30.9. The fourth-order valence-electron chi connectivity index (χ4n) is 9.38. The lowest BCUT2D eigenvalue weighted by molar-refractivity contribution is 0.660. The third-order valence-corrected chi connectivity index (χ3v) is 11.9. The number of hydrogen-bond donors (Lipinski definition) is 0. The molecular weight excluding hydrogens is 653 g/mol. The van der Waals surface area contributed by atoms with E-state index in [-0.39, 0.29) is 5.41 Å². The maximum atomic E-state index is 6.28. The Bertz CT molecular complexity index is 3070. The molecule has 10 aromatic rings. The van der Waals surface area contributed by atoms with Crippen molar-refractivity contribution in [3.05, 3.63) is 193 Å². The molecule has 0 spiro atoms. The first-order chi connectivity index (χ1) is 26.6. The highest BCUT2D eigenvalue weighted by molar-refractivity contribution is 6.24. The van der Waals surface area contributed by atoms with Crippen molar-refractivity contribution in [1.82, 2.24) is 0 Å². The third-order valence-electron chi connectivity index (χ3n) is 11.9. The maximum absolute atomic E-state index is 6.28. The summed E-state index contributed by atoms with van der Waals surface area (Å²) in [4.78, 5) is 0. The lowest BCUT2D eigenvalue weighted by Gasteiger charge is -2.24. The van der Waals surface area contributed by atoms with Gasteiger partial charge in [-0.3, -0.25) is 0 Å². The van der Waals surface area contributed by atoms with Gasteiger partial charge < -0.3 is 4.42 Å². The summed E-state index contributed by atoms with van der Waals surface area (Å²) in [6, 6.07) is 66.8. The van der Waals surface area contributed by atoms with Gasteiger partial charge in [-0.15, -0.1) is 0 Å². The number of benzene rings is 9. The molecular formula is C53H36O. The van der Waals surface area contributed by atoms with Crippen LogP contribution in [0, 0.1) is 0 Å². The SMILES string of the molecule is CC1(C)c2ccccc2-c2ccc(-c3c4ccccc4c(-c4c(-c5ccccc5)cccc4-c4ccc5oc6ccccc6c5c4)c4ccccc34)cc21. The van der Waals surface area contributed by atoms with E-state index in [4.69, 9.17) is 4.42 Å². The fraction of sp³-hybridized carbons (Fsp3) is 0.0566. The van der Waals surface area contributed by atoms with Crippen LogP contribution < -0.4 is 0 Å². The van der Waals surface area contributed by atoms with Crippen molar-refractivity contribution in [2.24, 2.45) is 0 Å². The first-order valence-corrected chi connectivity index (χ1v) is 18.8. The summed E-state index contributed by atoms with van der Waals surface area (Å²) in [5.74, 6) is 0. The van der Waals surface area contributed by atoms with Crippen molar-refractivity contribution >= 4 is 43.5 Å². The van der Waals surface area contributed by atoms with Gasteiger partial charge in [-0.2, -0.15) is 0 Å². The summed E-state index contributed by atoms with van der Waals surface area (Å²) in [7, 11) is 0. The van der Waals surface area contributed by atoms with Crippen molar-refractivity contribution in [3.8, 4) is 55.6 Å². The van der Waals surface area contributed by atoms with Crippen molar-refractivity contribution in [3.63, 3.8) is 0 Å². The highest BCUT2D eigenvalue weighted by Crippen LogP contribution is 2.53. The van der Waals surface area contributed by atoms with Crippen LogP contribution in [0.15, 0.2) is 186 Å². The minimum atomic E-state index is -0.0849. The summed E-state index contributed by atoms with van der Waals surface area (Å²) in [5.41, 5.74) is 17.0. The van der Waals surface area contributed by atoms with Gasteiger partial charge in [-0.1, -0.05) is 172 Å². The van der Waals surface area contributed by atoms with E-state index < -0.39 is 0 Å². The molecule has 0 N–H and O–H groups in total. The lowest BCUT2D eigenvalue weighted by Crippen LogP contribution is -2.14. The molecule has 0 aliphatic heterocycles. The quantitative estimate of drug-likeness (QED) is 0.168. The zero-order chi connectivity index (χ0) is 36.0. The number of rotatable bonds is 4. The Morgan fingerprint density at radius 2 is 0.852 bits per heavy atom. The highest BCUT2D eigenvalue weighted by atomic mass is 16.3.